The van der Waals surface area contributed by atoms with E-state index < -0.39 is 5.97 Å². The lowest BCUT2D eigenvalue weighted by Crippen LogP contribution is -2.23. The molecule has 20 heavy (non-hydrogen) atoms. The maximum Gasteiger partial charge on any atom is 0.337 e. The number of nitrogens with one attached hydrogen (secondary N) is 1. The van der Waals surface area contributed by atoms with E-state index in [-0.39, 0.29) is 11.5 Å². The quantitative estimate of drug-likeness (QED) is 0.867. The average molecular weight is 275 g/mol. The smallest absolute Gasteiger partial charge is 0.337 e. The lowest BCUT2D eigenvalue weighted by atomic mass is 10.2. The van der Waals surface area contributed by atoms with Crippen molar-refractivity contribution in [1.29, 1.82) is 0 Å². The van der Waals surface area contributed by atoms with Gasteiger partial charge in [-0.1, -0.05) is 6.07 Å². The molecule has 1 aromatic carbocycles. The van der Waals surface area contributed by atoms with Crippen molar-refractivity contribution < 1.29 is 14.7 Å². The number of aryl methyl sites for hydroxylation is 2. The summed E-state index contributed by atoms with van der Waals surface area (Å²) in [6, 6.07) is 5.04. The summed E-state index contributed by atoms with van der Waals surface area (Å²) in [5.74, 6) is -0.315. The highest BCUT2D eigenvalue weighted by atomic mass is 16.4. The summed E-state index contributed by atoms with van der Waals surface area (Å²) in [5, 5.41) is 11.9. The van der Waals surface area contributed by atoms with E-state index in [0.29, 0.717) is 30.9 Å². The van der Waals surface area contributed by atoms with E-state index in [0.717, 1.165) is 5.52 Å². The number of benzene rings is 1. The Morgan fingerprint density at radius 1 is 1.40 bits per heavy atom. The molecule has 6 heteroatoms. The Balaban J connectivity index is 2.34. The Morgan fingerprint density at radius 3 is 2.80 bits per heavy atom. The number of carbonyl (C=O) groups excluding carboxylic acids is 1. The number of hydrogen-bond donors (Lipinski definition) is 2. The molecule has 1 heterocycles. The summed E-state index contributed by atoms with van der Waals surface area (Å²) >= 11 is 0. The van der Waals surface area contributed by atoms with Crippen molar-refractivity contribution >= 4 is 22.9 Å². The normalized spacial score (nSPS) is 10.7. The average Bonchev–Trinajstić information content (AvgIpc) is 2.72. The fourth-order valence-corrected chi connectivity index (χ4v) is 2.22. The first-order valence-corrected chi connectivity index (χ1v) is 6.50. The van der Waals surface area contributed by atoms with Gasteiger partial charge in [-0.3, -0.25) is 4.79 Å². The summed E-state index contributed by atoms with van der Waals surface area (Å²) in [4.78, 5) is 27.0. The number of carbonyl (C=O) groups is 2. The van der Waals surface area contributed by atoms with Crippen LogP contribution in [0.4, 0.5) is 0 Å². The van der Waals surface area contributed by atoms with Gasteiger partial charge in [0.1, 0.15) is 11.3 Å². The first kappa shape index (κ1) is 14.0. The lowest BCUT2D eigenvalue weighted by Gasteiger charge is -2.07. The summed E-state index contributed by atoms with van der Waals surface area (Å²) in [6.45, 7) is 4.77. The van der Waals surface area contributed by atoms with E-state index in [2.05, 4.69) is 10.3 Å². The van der Waals surface area contributed by atoms with Crippen LogP contribution in [0.15, 0.2) is 18.2 Å². The number of para-hydroxylation sites is 1. The number of aromatic nitrogens is 2. The van der Waals surface area contributed by atoms with Crippen LogP contribution in [0.25, 0.3) is 11.0 Å². The van der Waals surface area contributed by atoms with Gasteiger partial charge in [0.25, 0.3) is 0 Å². The molecule has 0 saturated carbocycles. The predicted molar refractivity (Wildman–Crippen MR) is 74.7 cm³/mol. The second-order valence-corrected chi connectivity index (χ2v) is 4.49. The van der Waals surface area contributed by atoms with Gasteiger partial charge in [0.2, 0.25) is 5.91 Å². The molecule has 1 aromatic heterocycles. The van der Waals surface area contributed by atoms with Gasteiger partial charge in [0.05, 0.1) is 11.1 Å². The molecule has 2 aromatic rings. The zero-order valence-electron chi connectivity index (χ0n) is 11.5. The highest BCUT2D eigenvalue weighted by Gasteiger charge is 2.15. The molecule has 0 aliphatic rings. The van der Waals surface area contributed by atoms with Crippen molar-refractivity contribution in [3.05, 3.63) is 29.6 Å². The number of imidazole rings is 1. The first-order chi connectivity index (χ1) is 9.54. The van der Waals surface area contributed by atoms with E-state index in [1.165, 1.54) is 6.07 Å². The summed E-state index contributed by atoms with van der Waals surface area (Å²) in [7, 11) is 0. The van der Waals surface area contributed by atoms with E-state index in [4.69, 9.17) is 5.11 Å². The van der Waals surface area contributed by atoms with Crippen molar-refractivity contribution in [2.75, 3.05) is 6.54 Å². The standard InChI is InChI=1S/C14H17N3O3/c1-3-15-12(18)7-8-17-9(2)16-13-10(14(19)20)5-4-6-11(13)17/h4-6H,3,7-8H2,1-2H3,(H,15,18)(H,19,20). The first-order valence-electron chi connectivity index (χ1n) is 6.50. The van der Waals surface area contributed by atoms with E-state index in [1.807, 2.05) is 24.5 Å². The zero-order valence-corrected chi connectivity index (χ0v) is 11.5. The van der Waals surface area contributed by atoms with E-state index in [9.17, 15) is 9.59 Å². The number of carboxylic acid groups (broad SMARTS) is 1. The van der Waals surface area contributed by atoms with E-state index in [1.54, 1.807) is 6.07 Å². The van der Waals surface area contributed by atoms with Crippen LogP contribution in [0.3, 0.4) is 0 Å². The van der Waals surface area contributed by atoms with Gasteiger partial charge < -0.3 is 15.0 Å². The molecule has 0 aliphatic heterocycles. The summed E-state index contributed by atoms with van der Waals surface area (Å²) in [5.41, 5.74) is 1.39. The third kappa shape index (κ3) is 2.64. The Morgan fingerprint density at radius 2 is 2.15 bits per heavy atom. The number of carboxylic acids is 1. The number of amides is 1. The Labute approximate surface area is 116 Å². The van der Waals surface area contributed by atoms with Crippen LogP contribution >= 0.6 is 0 Å². The van der Waals surface area contributed by atoms with Crippen molar-refractivity contribution in [3.63, 3.8) is 0 Å². The molecule has 0 bridgehead atoms. The Kier molecular flexibility index (Phi) is 4.02. The zero-order chi connectivity index (χ0) is 14.7. The molecule has 0 fully saturated rings. The monoisotopic (exact) mass is 275 g/mol. The predicted octanol–water partition coefficient (Wildman–Crippen LogP) is 1.57. The molecular weight excluding hydrogens is 258 g/mol. The van der Waals surface area contributed by atoms with Gasteiger partial charge in [-0.05, 0) is 26.0 Å². The van der Waals surface area contributed by atoms with Gasteiger partial charge >= 0.3 is 5.97 Å². The SMILES string of the molecule is CCNC(=O)CCn1c(C)nc2c(C(=O)O)cccc21. The van der Waals surface area contributed by atoms with Gasteiger partial charge in [-0.2, -0.15) is 0 Å². The molecule has 0 atom stereocenters. The molecule has 106 valence electrons. The van der Waals surface area contributed by atoms with Crippen LogP contribution < -0.4 is 5.32 Å². The molecule has 1 amide bonds. The minimum Gasteiger partial charge on any atom is -0.478 e. The van der Waals surface area contributed by atoms with Crippen LogP contribution in [0.5, 0.6) is 0 Å². The second-order valence-electron chi connectivity index (χ2n) is 4.49. The molecule has 0 aliphatic carbocycles. The highest BCUT2D eigenvalue weighted by molar-refractivity contribution is 6.01. The van der Waals surface area contributed by atoms with Crippen LogP contribution in [0.2, 0.25) is 0 Å². The molecule has 2 N–H and O–H groups in total. The summed E-state index contributed by atoms with van der Waals surface area (Å²) in [6.07, 6.45) is 0.345. The molecular formula is C14H17N3O3. The van der Waals surface area contributed by atoms with Crippen LogP contribution in [-0.4, -0.2) is 33.1 Å². The van der Waals surface area contributed by atoms with E-state index >= 15 is 0 Å². The molecule has 0 radical (unpaired) electrons. The fraction of sp³-hybridized carbons (Fsp3) is 0.357. The van der Waals surface area contributed by atoms with Gasteiger partial charge in [0, 0.05) is 19.5 Å². The maximum atomic E-state index is 11.5. The van der Waals surface area contributed by atoms with Crippen molar-refractivity contribution in [2.45, 2.75) is 26.8 Å². The molecule has 0 saturated heterocycles. The second kappa shape index (κ2) is 5.73. The third-order valence-corrected chi connectivity index (χ3v) is 3.14. The number of rotatable bonds is 5. The minimum atomic E-state index is -0.996. The Hall–Kier alpha value is -2.37. The van der Waals surface area contributed by atoms with Crippen molar-refractivity contribution in [2.24, 2.45) is 0 Å². The van der Waals surface area contributed by atoms with Gasteiger partial charge in [-0.15, -0.1) is 0 Å². The fourth-order valence-electron chi connectivity index (χ4n) is 2.22. The Bertz CT molecular complexity index is 661. The topological polar surface area (TPSA) is 84.2 Å². The van der Waals surface area contributed by atoms with Crippen LogP contribution in [-0.2, 0) is 11.3 Å². The maximum absolute atomic E-state index is 11.5. The number of aromatic carboxylic acids is 1. The number of hydrogen-bond acceptors (Lipinski definition) is 3. The number of fused-ring (bicyclic) bond motifs is 1. The van der Waals surface area contributed by atoms with Gasteiger partial charge in [0.15, 0.2) is 0 Å². The van der Waals surface area contributed by atoms with Gasteiger partial charge in [-0.25, -0.2) is 9.78 Å². The molecule has 0 unspecified atom stereocenters. The van der Waals surface area contributed by atoms with Crippen molar-refractivity contribution in [1.82, 2.24) is 14.9 Å². The lowest BCUT2D eigenvalue weighted by molar-refractivity contribution is -0.121. The number of nitrogens with zero attached hydrogens (tertiary/aromatic N) is 2. The molecule has 6 nitrogen and oxygen atoms in total. The molecule has 0 spiro atoms. The highest BCUT2D eigenvalue weighted by Crippen LogP contribution is 2.20. The van der Waals surface area contributed by atoms with Crippen LogP contribution in [0, 0.1) is 6.92 Å². The summed E-state index contributed by atoms with van der Waals surface area (Å²) < 4.78 is 1.87. The molecule has 2 rings (SSSR count). The van der Waals surface area contributed by atoms with Crippen LogP contribution in [0.1, 0.15) is 29.5 Å². The largest absolute Gasteiger partial charge is 0.478 e. The van der Waals surface area contributed by atoms with Crippen molar-refractivity contribution in [3.8, 4) is 0 Å². The third-order valence-electron chi connectivity index (χ3n) is 3.14. The minimum absolute atomic E-state index is 0.0249.